The molecule has 0 aliphatic heterocycles. The summed E-state index contributed by atoms with van der Waals surface area (Å²) in [5.74, 6) is -0.510. The summed E-state index contributed by atoms with van der Waals surface area (Å²) in [5, 5.41) is 2.84. The second-order valence-electron chi connectivity index (χ2n) is 4.14. The predicted molar refractivity (Wildman–Crippen MR) is 74.2 cm³/mol. The molecule has 19 heavy (non-hydrogen) atoms. The van der Waals surface area contributed by atoms with E-state index in [0.29, 0.717) is 5.56 Å². The van der Waals surface area contributed by atoms with E-state index in [1.165, 1.54) is 18.3 Å². The highest BCUT2D eigenvalue weighted by Crippen LogP contribution is 2.15. The maximum absolute atomic E-state index is 12.8. The van der Waals surface area contributed by atoms with Crippen LogP contribution in [-0.4, -0.2) is 10.9 Å². The third-order valence-corrected chi connectivity index (χ3v) is 3.12. The maximum atomic E-state index is 12.8. The lowest BCUT2D eigenvalue weighted by molar-refractivity contribution is 0.0939. The summed E-state index contributed by atoms with van der Waals surface area (Å²) in [6.07, 6.45) is 3.11. The Balaban J connectivity index is 2.08. The SMILES string of the molecule is C[C@@H](NC(=O)c1cncc(Br)c1)c1ccc(F)cc1. The van der Waals surface area contributed by atoms with Crippen LogP contribution in [0.25, 0.3) is 0 Å². The van der Waals surface area contributed by atoms with E-state index in [9.17, 15) is 9.18 Å². The van der Waals surface area contributed by atoms with Crippen LogP contribution in [0.5, 0.6) is 0 Å². The average Bonchev–Trinajstić information content (AvgIpc) is 2.39. The predicted octanol–water partition coefficient (Wildman–Crippen LogP) is 3.47. The number of amides is 1. The molecule has 2 rings (SSSR count). The average molecular weight is 323 g/mol. The molecule has 1 N–H and O–H groups in total. The van der Waals surface area contributed by atoms with Crippen LogP contribution in [0.1, 0.15) is 28.9 Å². The molecule has 0 radical (unpaired) electrons. The number of halogens is 2. The third-order valence-electron chi connectivity index (χ3n) is 2.68. The minimum Gasteiger partial charge on any atom is -0.345 e. The van der Waals surface area contributed by atoms with Crippen LogP contribution in [0.3, 0.4) is 0 Å². The lowest BCUT2D eigenvalue weighted by Gasteiger charge is -2.14. The number of pyridine rings is 1. The lowest BCUT2D eigenvalue weighted by Crippen LogP contribution is -2.26. The molecular weight excluding hydrogens is 311 g/mol. The number of hydrogen-bond acceptors (Lipinski definition) is 2. The third kappa shape index (κ3) is 3.61. The van der Waals surface area contributed by atoms with Crippen LogP contribution in [0.4, 0.5) is 4.39 Å². The van der Waals surface area contributed by atoms with E-state index in [1.807, 2.05) is 6.92 Å². The second-order valence-corrected chi connectivity index (χ2v) is 5.05. The molecule has 0 fully saturated rings. The summed E-state index contributed by atoms with van der Waals surface area (Å²) in [4.78, 5) is 15.9. The number of carbonyl (C=O) groups excluding carboxylic acids is 1. The zero-order chi connectivity index (χ0) is 13.8. The van der Waals surface area contributed by atoms with Gasteiger partial charge in [0.25, 0.3) is 5.91 Å². The van der Waals surface area contributed by atoms with E-state index >= 15 is 0 Å². The second kappa shape index (κ2) is 5.93. The van der Waals surface area contributed by atoms with E-state index in [0.717, 1.165) is 10.0 Å². The standard InChI is InChI=1S/C14H12BrFN2O/c1-9(10-2-4-13(16)5-3-10)18-14(19)11-6-12(15)8-17-7-11/h2-9H,1H3,(H,18,19)/t9-/m1/s1. The zero-order valence-corrected chi connectivity index (χ0v) is 11.8. The van der Waals surface area contributed by atoms with Gasteiger partial charge in [-0.2, -0.15) is 0 Å². The lowest BCUT2D eigenvalue weighted by atomic mass is 10.1. The molecule has 0 saturated heterocycles. The first kappa shape index (κ1) is 13.7. The highest BCUT2D eigenvalue weighted by Gasteiger charge is 2.12. The fourth-order valence-electron chi connectivity index (χ4n) is 1.65. The Bertz CT molecular complexity index is 586. The Labute approximate surface area is 119 Å². The summed E-state index contributed by atoms with van der Waals surface area (Å²) >= 11 is 3.27. The maximum Gasteiger partial charge on any atom is 0.253 e. The molecule has 0 aliphatic rings. The van der Waals surface area contributed by atoms with E-state index < -0.39 is 0 Å². The van der Waals surface area contributed by atoms with Crippen molar-refractivity contribution in [3.8, 4) is 0 Å². The number of benzene rings is 1. The van der Waals surface area contributed by atoms with Crippen molar-refractivity contribution in [3.05, 3.63) is 64.1 Å². The topological polar surface area (TPSA) is 42.0 Å². The number of nitrogens with one attached hydrogen (secondary N) is 1. The molecule has 0 bridgehead atoms. The van der Waals surface area contributed by atoms with Crippen LogP contribution in [0, 0.1) is 5.82 Å². The van der Waals surface area contributed by atoms with Gasteiger partial charge >= 0.3 is 0 Å². The fraction of sp³-hybridized carbons (Fsp3) is 0.143. The van der Waals surface area contributed by atoms with Crippen LogP contribution in [0.2, 0.25) is 0 Å². The molecule has 1 amide bonds. The summed E-state index contributed by atoms with van der Waals surface area (Å²) in [7, 11) is 0. The van der Waals surface area contributed by atoms with Crippen LogP contribution in [0.15, 0.2) is 47.2 Å². The van der Waals surface area contributed by atoms with Crippen molar-refractivity contribution in [3.63, 3.8) is 0 Å². The fourth-order valence-corrected chi connectivity index (χ4v) is 2.02. The Morgan fingerprint density at radius 2 is 2.00 bits per heavy atom. The van der Waals surface area contributed by atoms with Gasteiger partial charge in [0.05, 0.1) is 11.6 Å². The molecule has 5 heteroatoms. The van der Waals surface area contributed by atoms with Gasteiger partial charge in [-0.3, -0.25) is 9.78 Å². The summed E-state index contributed by atoms with van der Waals surface area (Å²) in [5.41, 5.74) is 1.32. The Morgan fingerprint density at radius 3 is 2.63 bits per heavy atom. The number of rotatable bonds is 3. The molecule has 1 heterocycles. The first-order valence-corrected chi connectivity index (χ1v) is 6.52. The summed E-state index contributed by atoms with van der Waals surface area (Å²) in [6.45, 7) is 1.84. The van der Waals surface area contributed by atoms with Crippen molar-refractivity contribution in [2.75, 3.05) is 0 Å². The van der Waals surface area contributed by atoms with Gasteiger partial charge in [-0.15, -0.1) is 0 Å². The van der Waals surface area contributed by atoms with Crippen molar-refractivity contribution in [2.24, 2.45) is 0 Å². The number of nitrogens with zero attached hydrogens (tertiary/aromatic N) is 1. The first-order valence-electron chi connectivity index (χ1n) is 5.73. The van der Waals surface area contributed by atoms with E-state index in [4.69, 9.17) is 0 Å². The molecule has 0 saturated carbocycles. The molecule has 3 nitrogen and oxygen atoms in total. The minimum atomic E-state index is -0.293. The summed E-state index contributed by atoms with van der Waals surface area (Å²) < 4.78 is 13.6. The van der Waals surface area contributed by atoms with Crippen molar-refractivity contribution in [1.82, 2.24) is 10.3 Å². The molecule has 0 spiro atoms. The Kier molecular flexibility index (Phi) is 4.27. The molecule has 0 unspecified atom stereocenters. The van der Waals surface area contributed by atoms with Gasteiger partial charge in [0.2, 0.25) is 0 Å². The highest BCUT2D eigenvalue weighted by molar-refractivity contribution is 9.10. The van der Waals surface area contributed by atoms with Crippen LogP contribution >= 0.6 is 15.9 Å². The largest absolute Gasteiger partial charge is 0.345 e. The van der Waals surface area contributed by atoms with Gasteiger partial charge < -0.3 is 5.32 Å². The molecule has 0 aliphatic carbocycles. The Morgan fingerprint density at radius 1 is 1.32 bits per heavy atom. The molecular formula is C14H12BrFN2O. The first-order chi connectivity index (χ1) is 9.06. The van der Waals surface area contributed by atoms with Crippen molar-refractivity contribution < 1.29 is 9.18 Å². The summed E-state index contributed by atoms with van der Waals surface area (Å²) in [6, 6.07) is 7.54. The number of carbonyl (C=O) groups is 1. The smallest absolute Gasteiger partial charge is 0.253 e. The van der Waals surface area contributed by atoms with Gasteiger partial charge in [0.1, 0.15) is 5.82 Å². The van der Waals surface area contributed by atoms with Gasteiger partial charge in [-0.1, -0.05) is 12.1 Å². The quantitative estimate of drug-likeness (QED) is 0.940. The van der Waals surface area contributed by atoms with Crippen molar-refractivity contribution in [1.29, 1.82) is 0 Å². The number of aromatic nitrogens is 1. The zero-order valence-electron chi connectivity index (χ0n) is 10.2. The minimum absolute atomic E-state index is 0.202. The van der Waals surface area contributed by atoms with Gasteiger partial charge in [0, 0.05) is 16.9 Å². The van der Waals surface area contributed by atoms with Gasteiger partial charge in [-0.05, 0) is 46.6 Å². The molecule has 1 atom stereocenters. The van der Waals surface area contributed by atoms with Gasteiger partial charge in [-0.25, -0.2) is 4.39 Å². The number of hydrogen-bond donors (Lipinski definition) is 1. The molecule has 98 valence electrons. The molecule has 1 aromatic carbocycles. The van der Waals surface area contributed by atoms with Crippen molar-refractivity contribution in [2.45, 2.75) is 13.0 Å². The van der Waals surface area contributed by atoms with E-state index in [2.05, 4.69) is 26.2 Å². The molecule has 1 aromatic heterocycles. The van der Waals surface area contributed by atoms with Crippen LogP contribution in [-0.2, 0) is 0 Å². The monoisotopic (exact) mass is 322 g/mol. The highest BCUT2D eigenvalue weighted by atomic mass is 79.9. The van der Waals surface area contributed by atoms with E-state index in [1.54, 1.807) is 24.4 Å². The van der Waals surface area contributed by atoms with Crippen LogP contribution < -0.4 is 5.32 Å². The molecule has 2 aromatic rings. The Hall–Kier alpha value is -1.75. The van der Waals surface area contributed by atoms with E-state index in [-0.39, 0.29) is 17.8 Å². The van der Waals surface area contributed by atoms with Gasteiger partial charge in [0.15, 0.2) is 0 Å². The normalized spacial score (nSPS) is 11.9. The van der Waals surface area contributed by atoms with Crippen molar-refractivity contribution >= 4 is 21.8 Å².